The quantitative estimate of drug-likeness (QED) is 0.670. The Kier molecular flexibility index (Phi) is 4.33. The number of nitrogens with zero attached hydrogens (tertiary/aromatic N) is 2. The van der Waals surface area contributed by atoms with Crippen LogP contribution >= 0.6 is 0 Å². The summed E-state index contributed by atoms with van der Waals surface area (Å²) in [4.78, 5) is 26.5. The molecule has 26 heavy (non-hydrogen) atoms. The molecule has 0 fully saturated rings. The maximum absolute atomic E-state index is 13.1. The van der Waals surface area contributed by atoms with Gasteiger partial charge in [-0.1, -0.05) is 43.3 Å². The molecule has 4 rings (SSSR count). The lowest BCUT2D eigenvalue weighted by Gasteiger charge is -2.29. The van der Waals surface area contributed by atoms with E-state index in [0.717, 1.165) is 54.2 Å². The predicted molar refractivity (Wildman–Crippen MR) is 104 cm³/mol. The predicted octanol–water partition coefficient (Wildman–Crippen LogP) is 4.00. The van der Waals surface area contributed by atoms with Gasteiger partial charge in [0.1, 0.15) is 6.54 Å². The lowest BCUT2D eigenvalue weighted by molar-refractivity contribution is -0.119. The summed E-state index contributed by atoms with van der Waals surface area (Å²) < 4.78 is 1.94. The largest absolute Gasteiger partial charge is 0.337 e. The fourth-order valence-corrected chi connectivity index (χ4v) is 3.99. The molecule has 1 aliphatic rings. The second-order valence-electron chi connectivity index (χ2n) is 6.77. The van der Waals surface area contributed by atoms with E-state index in [2.05, 4.69) is 19.1 Å². The van der Waals surface area contributed by atoms with Crippen LogP contribution < -0.4 is 4.90 Å². The number of hydrogen-bond acceptors (Lipinski definition) is 2. The van der Waals surface area contributed by atoms with E-state index in [1.165, 1.54) is 5.56 Å². The number of para-hydroxylation sites is 2. The molecule has 0 unspecified atom stereocenters. The standard InChI is InChI=1S/C22H22N2O2/c1-2-16-8-5-10-19-18(15-25)13-23(22(16)19)14-21(26)24-12-6-9-17-7-3-4-11-20(17)24/h3-5,7-8,10-11,13,15H,2,6,9,12,14H2,1H3. The number of aryl methyl sites for hydroxylation is 2. The number of anilines is 1. The second-order valence-corrected chi connectivity index (χ2v) is 6.77. The number of aldehydes is 1. The van der Waals surface area contributed by atoms with Gasteiger partial charge in [-0.05, 0) is 36.5 Å². The van der Waals surface area contributed by atoms with Crippen molar-refractivity contribution in [2.24, 2.45) is 0 Å². The van der Waals surface area contributed by atoms with Gasteiger partial charge in [-0.15, -0.1) is 0 Å². The van der Waals surface area contributed by atoms with Gasteiger partial charge in [-0.25, -0.2) is 0 Å². The first-order chi connectivity index (χ1) is 12.7. The SMILES string of the molecule is CCc1cccc2c(C=O)cn(CC(=O)N3CCCc4ccccc43)c12. The zero-order valence-electron chi connectivity index (χ0n) is 14.9. The van der Waals surface area contributed by atoms with E-state index in [9.17, 15) is 9.59 Å². The number of rotatable bonds is 4. The third kappa shape index (κ3) is 2.71. The summed E-state index contributed by atoms with van der Waals surface area (Å²) in [6, 6.07) is 14.1. The molecule has 0 radical (unpaired) electrons. The van der Waals surface area contributed by atoms with Crippen LogP contribution in [0.25, 0.3) is 10.9 Å². The normalized spacial score (nSPS) is 13.7. The topological polar surface area (TPSA) is 42.3 Å². The minimum absolute atomic E-state index is 0.0670. The summed E-state index contributed by atoms with van der Waals surface area (Å²) in [6.07, 6.45) is 5.54. The fraction of sp³-hybridized carbons (Fsp3) is 0.273. The van der Waals surface area contributed by atoms with Crippen molar-refractivity contribution in [3.05, 3.63) is 65.4 Å². The van der Waals surface area contributed by atoms with E-state index >= 15 is 0 Å². The first-order valence-electron chi connectivity index (χ1n) is 9.17. The minimum atomic E-state index is 0.0670. The molecule has 0 saturated heterocycles. The number of aromatic nitrogens is 1. The number of fused-ring (bicyclic) bond motifs is 2. The van der Waals surface area contributed by atoms with Crippen LogP contribution in [0.5, 0.6) is 0 Å². The third-order valence-corrected chi connectivity index (χ3v) is 5.24. The highest BCUT2D eigenvalue weighted by atomic mass is 16.2. The molecule has 3 aromatic rings. The van der Waals surface area contributed by atoms with Crippen LogP contribution in [0.3, 0.4) is 0 Å². The molecule has 0 bridgehead atoms. The minimum Gasteiger partial charge on any atom is -0.337 e. The molecule has 0 aliphatic carbocycles. The van der Waals surface area contributed by atoms with Crippen molar-refractivity contribution in [1.29, 1.82) is 0 Å². The van der Waals surface area contributed by atoms with Gasteiger partial charge in [0.2, 0.25) is 5.91 Å². The Bertz CT molecular complexity index is 987. The molecule has 0 spiro atoms. The number of amides is 1. The zero-order valence-corrected chi connectivity index (χ0v) is 14.9. The van der Waals surface area contributed by atoms with Crippen LogP contribution in [0.15, 0.2) is 48.7 Å². The highest BCUT2D eigenvalue weighted by molar-refractivity contribution is 6.01. The molecule has 4 nitrogen and oxygen atoms in total. The lowest BCUT2D eigenvalue weighted by Crippen LogP contribution is -2.37. The van der Waals surface area contributed by atoms with Crippen molar-refractivity contribution in [3.63, 3.8) is 0 Å². The highest BCUT2D eigenvalue weighted by Gasteiger charge is 2.23. The average Bonchev–Trinajstić information content (AvgIpc) is 3.05. The summed E-state index contributed by atoms with van der Waals surface area (Å²) in [5.74, 6) is 0.0670. The summed E-state index contributed by atoms with van der Waals surface area (Å²) in [7, 11) is 0. The highest BCUT2D eigenvalue weighted by Crippen LogP contribution is 2.28. The molecular formula is C22H22N2O2. The Labute approximate surface area is 153 Å². The first kappa shape index (κ1) is 16.6. The zero-order chi connectivity index (χ0) is 18.1. The first-order valence-corrected chi connectivity index (χ1v) is 9.17. The van der Waals surface area contributed by atoms with E-state index in [1.807, 2.05) is 46.0 Å². The van der Waals surface area contributed by atoms with Crippen LogP contribution in [0.4, 0.5) is 5.69 Å². The molecule has 1 aliphatic heterocycles. The Hall–Kier alpha value is -2.88. The van der Waals surface area contributed by atoms with E-state index < -0.39 is 0 Å². The lowest BCUT2D eigenvalue weighted by atomic mass is 10.0. The summed E-state index contributed by atoms with van der Waals surface area (Å²) in [5, 5.41) is 0.922. The van der Waals surface area contributed by atoms with Crippen molar-refractivity contribution < 1.29 is 9.59 Å². The maximum atomic E-state index is 13.1. The monoisotopic (exact) mass is 346 g/mol. The van der Waals surface area contributed by atoms with Crippen molar-refractivity contribution in [2.45, 2.75) is 32.7 Å². The summed E-state index contributed by atoms with van der Waals surface area (Å²) in [6.45, 7) is 3.08. The number of carbonyl (C=O) groups is 2. The molecule has 2 aromatic carbocycles. The van der Waals surface area contributed by atoms with Gasteiger partial charge in [0.15, 0.2) is 6.29 Å². The Morgan fingerprint density at radius 2 is 2.00 bits per heavy atom. The molecular weight excluding hydrogens is 324 g/mol. The van der Waals surface area contributed by atoms with Crippen LogP contribution in [-0.4, -0.2) is 23.3 Å². The van der Waals surface area contributed by atoms with Crippen molar-refractivity contribution >= 4 is 28.8 Å². The molecule has 1 aromatic heterocycles. The van der Waals surface area contributed by atoms with Gasteiger partial charge >= 0.3 is 0 Å². The van der Waals surface area contributed by atoms with E-state index in [4.69, 9.17) is 0 Å². The maximum Gasteiger partial charge on any atom is 0.246 e. The van der Waals surface area contributed by atoms with Crippen molar-refractivity contribution in [3.8, 4) is 0 Å². The molecule has 0 atom stereocenters. The number of hydrogen-bond donors (Lipinski definition) is 0. The van der Waals surface area contributed by atoms with Gasteiger partial charge in [0.05, 0.1) is 5.52 Å². The smallest absolute Gasteiger partial charge is 0.246 e. The van der Waals surface area contributed by atoms with Crippen LogP contribution in [-0.2, 0) is 24.2 Å². The summed E-state index contributed by atoms with van der Waals surface area (Å²) in [5.41, 5.74) is 5.04. The number of carbonyl (C=O) groups excluding carboxylic acids is 2. The van der Waals surface area contributed by atoms with E-state index in [-0.39, 0.29) is 12.5 Å². The Morgan fingerprint density at radius 3 is 2.81 bits per heavy atom. The van der Waals surface area contributed by atoms with E-state index in [0.29, 0.717) is 5.56 Å². The average molecular weight is 346 g/mol. The molecule has 0 saturated carbocycles. The van der Waals surface area contributed by atoms with Gasteiger partial charge in [-0.3, -0.25) is 9.59 Å². The molecule has 132 valence electrons. The third-order valence-electron chi connectivity index (χ3n) is 5.24. The molecule has 2 heterocycles. The Balaban J connectivity index is 1.72. The van der Waals surface area contributed by atoms with Gasteiger partial charge in [-0.2, -0.15) is 0 Å². The second kappa shape index (κ2) is 6.79. The van der Waals surface area contributed by atoms with E-state index in [1.54, 1.807) is 0 Å². The van der Waals surface area contributed by atoms with Crippen molar-refractivity contribution in [2.75, 3.05) is 11.4 Å². The van der Waals surface area contributed by atoms with Gasteiger partial charge < -0.3 is 9.47 Å². The van der Waals surface area contributed by atoms with Crippen LogP contribution in [0.1, 0.15) is 34.8 Å². The number of benzene rings is 2. The fourth-order valence-electron chi connectivity index (χ4n) is 3.99. The van der Waals surface area contributed by atoms with Crippen LogP contribution in [0, 0.1) is 0 Å². The van der Waals surface area contributed by atoms with Gasteiger partial charge in [0.25, 0.3) is 0 Å². The Morgan fingerprint density at radius 1 is 1.15 bits per heavy atom. The van der Waals surface area contributed by atoms with Crippen molar-refractivity contribution in [1.82, 2.24) is 4.57 Å². The summed E-state index contributed by atoms with van der Waals surface area (Å²) >= 11 is 0. The molecule has 4 heteroatoms. The molecule has 0 N–H and O–H groups in total. The van der Waals surface area contributed by atoms with Gasteiger partial charge in [0, 0.05) is 29.4 Å². The molecule has 1 amide bonds. The van der Waals surface area contributed by atoms with Crippen LogP contribution in [0.2, 0.25) is 0 Å².